The molecule has 1 N–H and O–H groups in total. The molecule has 7 heteroatoms. The number of carbonyl (C=O) groups excluding carboxylic acids is 2. The number of allylic oxidation sites excluding steroid dienone is 2. The summed E-state index contributed by atoms with van der Waals surface area (Å²) in [6, 6.07) is 5.42. The minimum atomic E-state index is -0.734. The first-order chi connectivity index (χ1) is 11.1. The summed E-state index contributed by atoms with van der Waals surface area (Å²) in [5.74, 6) is -1.07. The summed E-state index contributed by atoms with van der Waals surface area (Å²) in [5.41, 5.74) is 1.25. The number of nitrogens with zero attached hydrogens (tertiary/aromatic N) is 3. The number of ether oxygens (including phenoxy) is 1. The highest BCUT2D eigenvalue weighted by atomic mass is 16.5. The lowest BCUT2D eigenvalue weighted by atomic mass is 9.92. The van der Waals surface area contributed by atoms with E-state index in [2.05, 4.69) is 10.1 Å². The van der Waals surface area contributed by atoms with Crippen molar-refractivity contribution < 1.29 is 19.4 Å². The number of carbonyl (C=O) groups is 2. The molecule has 1 aliphatic rings. The number of Topliss-reactive ketones (excluding diaryl/α,β-unsaturated/α-hetero) is 1. The molecule has 0 saturated heterocycles. The van der Waals surface area contributed by atoms with Gasteiger partial charge in [-0.3, -0.25) is 9.59 Å². The fourth-order valence-corrected chi connectivity index (χ4v) is 2.26. The van der Waals surface area contributed by atoms with Gasteiger partial charge in [-0.2, -0.15) is 0 Å². The quantitative estimate of drug-likeness (QED) is 0.854. The number of hydrogen-bond donors (Lipinski definition) is 1. The van der Waals surface area contributed by atoms with Crippen molar-refractivity contribution in [3.63, 3.8) is 0 Å². The van der Waals surface area contributed by atoms with E-state index in [1.54, 1.807) is 29.8 Å². The molecule has 0 fully saturated rings. The van der Waals surface area contributed by atoms with Crippen molar-refractivity contribution in [1.29, 1.82) is 0 Å². The van der Waals surface area contributed by atoms with E-state index in [1.165, 1.54) is 12.2 Å². The number of aromatic nitrogens is 2. The molecule has 2 aromatic heterocycles. The summed E-state index contributed by atoms with van der Waals surface area (Å²) in [4.78, 5) is 28.1. The molecule has 1 atom stereocenters. The van der Waals surface area contributed by atoms with E-state index in [-0.39, 0.29) is 36.4 Å². The number of hydrogen-bond acceptors (Lipinski definition) is 6. The second-order valence-electron chi connectivity index (χ2n) is 5.07. The van der Waals surface area contributed by atoms with Gasteiger partial charge in [0.15, 0.2) is 17.3 Å². The molecule has 0 saturated carbocycles. The maximum absolute atomic E-state index is 12.2. The molecule has 7 nitrogen and oxygen atoms in total. The van der Waals surface area contributed by atoms with Gasteiger partial charge in [0.2, 0.25) is 0 Å². The Bertz CT molecular complexity index is 835. The zero-order valence-corrected chi connectivity index (χ0v) is 12.5. The lowest BCUT2D eigenvalue weighted by molar-refractivity contribution is -0.126. The van der Waals surface area contributed by atoms with Gasteiger partial charge in [-0.1, -0.05) is 6.07 Å². The number of aliphatic hydroxyl groups is 1. The van der Waals surface area contributed by atoms with Crippen LogP contribution < -0.4 is 4.74 Å². The van der Waals surface area contributed by atoms with Crippen molar-refractivity contribution >= 4 is 28.5 Å². The SMILES string of the molecule is CC1C(=O)C=CC(=Nc2c(OCCO)nn3ccccc23)C1=O. The monoisotopic (exact) mass is 313 g/mol. The van der Waals surface area contributed by atoms with E-state index in [4.69, 9.17) is 9.84 Å². The van der Waals surface area contributed by atoms with Crippen molar-refractivity contribution in [1.82, 2.24) is 9.61 Å². The van der Waals surface area contributed by atoms with Crippen molar-refractivity contribution in [3.05, 3.63) is 36.5 Å². The van der Waals surface area contributed by atoms with Crippen LogP contribution in [0.3, 0.4) is 0 Å². The Kier molecular flexibility index (Phi) is 4.03. The van der Waals surface area contributed by atoms with Gasteiger partial charge in [-0.25, -0.2) is 9.51 Å². The molecular weight excluding hydrogens is 298 g/mol. The van der Waals surface area contributed by atoms with E-state index in [0.29, 0.717) is 11.2 Å². The first-order valence-corrected chi connectivity index (χ1v) is 7.17. The van der Waals surface area contributed by atoms with E-state index in [1.807, 2.05) is 6.07 Å². The zero-order chi connectivity index (χ0) is 16.4. The molecule has 1 aliphatic carbocycles. The van der Waals surface area contributed by atoms with Gasteiger partial charge in [0.25, 0.3) is 5.88 Å². The Morgan fingerprint density at radius 3 is 2.96 bits per heavy atom. The number of aliphatic imine (C=N–C) groups is 1. The molecule has 0 bridgehead atoms. The number of rotatable bonds is 4. The fourth-order valence-electron chi connectivity index (χ4n) is 2.26. The lowest BCUT2D eigenvalue weighted by Gasteiger charge is -2.11. The number of pyridine rings is 1. The van der Waals surface area contributed by atoms with Crippen LogP contribution in [0.25, 0.3) is 5.52 Å². The summed E-state index contributed by atoms with van der Waals surface area (Å²) in [6.45, 7) is 1.47. The van der Waals surface area contributed by atoms with Crippen LogP contribution in [0, 0.1) is 5.92 Å². The molecule has 2 heterocycles. The van der Waals surface area contributed by atoms with Gasteiger partial charge in [0.1, 0.15) is 12.3 Å². The molecule has 0 aliphatic heterocycles. The predicted molar refractivity (Wildman–Crippen MR) is 83.2 cm³/mol. The summed E-state index contributed by atoms with van der Waals surface area (Å²) in [7, 11) is 0. The van der Waals surface area contributed by atoms with Crippen molar-refractivity contribution in [2.24, 2.45) is 10.9 Å². The van der Waals surface area contributed by atoms with Crippen LogP contribution in [-0.4, -0.2) is 45.2 Å². The summed E-state index contributed by atoms with van der Waals surface area (Å²) >= 11 is 0. The molecule has 118 valence electrons. The van der Waals surface area contributed by atoms with Crippen molar-refractivity contribution in [2.75, 3.05) is 13.2 Å². The molecule has 1 unspecified atom stereocenters. The van der Waals surface area contributed by atoms with Crippen LogP contribution in [0.15, 0.2) is 41.5 Å². The van der Waals surface area contributed by atoms with Crippen LogP contribution in [0.1, 0.15) is 6.92 Å². The second kappa shape index (κ2) is 6.13. The van der Waals surface area contributed by atoms with Crippen LogP contribution >= 0.6 is 0 Å². The summed E-state index contributed by atoms with van der Waals surface area (Å²) in [5, 5.41) is 13.2. The van der Waals surface area contributed by atoms with Crippen LogP contribution in [-0.2, 0) is 9.59 Å². The highest BCUT2D eigenvalue weighted by molar-refractivity contribution is 6.50. The van der Waals surface area contributed by atoms with Gasteiger partial charge in [-0.05, 0) is 31.2 Å². The summed E-state index contributed by atoms with van der Waals surface area (Å²) < 4.78 is 6.99. The van der Waals surface area contributed by atoms with E-state index in [0.717, 1.165) is 0 Å². The molecule has 3 rings (SSSR count). The average molecular weight is 313 g/mol. The fraction of sp³-hybridized carbons (Fsp3) is 0.250. The third kappa shape index (κ3) is 2.78. The van der Waals surface area contributed by atoms with Gasteiger partial charge >= 0.3 is 0 Å². The van der Waals surface area contributed by atoms with Crippen molar-refractivity contribution in [2.45, 2.75) is 6.92 Å². The van der Waals surface area contributed by atoms with Gasteiger partial charge in [0, 0.05) is 6.20 Å². The number of aliphatic hydroxyl groups excluding tert-OH is 1. The maximum Gasteiger partial charge on any atom is 0.260 e. The highest BCUT2D eigenvalue weighted by Gasteiger charge is 2.27. The van der Waals surface area contributed by atoms with Gasteiger partial charge in [-0.15, -0.1) is 5.10 Å². The molecule has 2 aromatic rings. The Balaban J connectivity index is 2.11. The van der Waals surface area contributed by atoms with Gasteiger partial charge < -0.3 is 9.84 Å². The van der Waals surface area contributed by atoms with E-state index in [9.17, 15) is 9.59 Å². The topological polar surface area (TPSA) is 93.3 Å². The second-order valence-corrected chi connectivity index (χ2v) is 5.07. The largest absolute Gasteiger partial charge is 0.473 e. The Labute approximate surface area is 131 Å². The minimum absolute atomic E-state index is 0.0699. The molecule has 0 aromatic carbocycles. The zero-order valence-electron chi connectivity index (χ0n) is 12.5. The molecule has 23 heavy (non-hydrogen) atoms. The maximum atomic E-state index is 12.2. The standard InChI is InChI=1S/C16H15N3O4/c1-10-13(21)6-5-11(15(10)22)17-14-12-4-2-3-7-19(12)18-16(14)23-9-8-20/h2-7,10,20H,8-9H2,1H3. The third-order valence-corrected chi connectivity index (χ3v) is 3.52. The third-order valence-electron chi connectivity index (χ3n) is 3.52. The Morgan fingerprint density at radius 2 is 2.17 bits per heavy atom. The highest BCUT2D eigenvalue weighted by Crippen LogP contribution is 2.32. The van der Waals surface area contributed by atoms with Crippen LogP contribution in [0.5, 0.6) is 5.88 Å². The lowest BCUT2D eigenvalue weighted by Crippen LogP contribution is -2.29. The summed E-state index contributed by atoms with van der Waals surface area (Å²) in [6.07, 6.45) is 4.49. The Hall–Kier alpha value is -2.80. The Morgan fingerprint density at radius 1 is 1.35 bits per heavy atom. The van der Waals surface area contributed by atoms with Gasteiger partial charge in [0.05, 0.1) is 18.0 Å². The molecule has 0 amide bonds. The normalized spacial score (nSPS) is 19.7. The first kappa shape index (κ1) is 15.1. The average Bonchev–Trinajstić information content (AvgIpc) is 2.91. The number of ketones is 2. The van der Waals surface area contributed by atoms with Crippen LogP contribution in [0.2, 0.25) is 0 Å². The van der Waals surface area contributed by atoms with Crippen LogP contribution in [0.4, 0.5) is 5.69 Å². The van der Waals surface area contributed by atoms with E-state index < -0.39 is 5.92 Å². The minimum Gasteiger partial charge on any atom is -0.473 e. The molecule has 0 radical (unpaired) electrons. The molecular formula is C16H15N3O4. The van der Waals surface area contributed by atoms with Crippen molar-refractivity contribution in [3.8, 4) is 5.88 Å². The smallest absolute Gasteiger partial charge is 0.260 e. The number of fused-ring (bicyclic) bond motifs is 1. The predicted octanol–water partition coefficient (Wildman–Crippen LogP) is 1.12. The first-order valence-electron chi connectivity index (χ1n) is 7.17. The van der Waals surface area contributed by atoms with E-state index >= 15 is 0 Å². The molecule has 0 spiro atoms.